The van der Waals surface area contributed by atoms with Gasteiger partial charge in [-0.3, -0.25) is 10.7 Å². The van der Waals surface area contributed by atoms with Crippen molar-refractivity contribution in [2.45, 2.75) is 50.5 Å². The molecule has 2 amide bonds. The standard InChI is InChI=1S/C24H30N4O6/c1-17(15-29)25-21(13-19-9-5-3-6-10-19)24(26-22(31)32,14-20-11-7-4-8-12-20)28(18(2)16-30)27-23(33)34/h3-12,15-18,21,25-27H,13-14H2,1-2H3,(H,31,32)(H,33,34)/t17?,18-,21-,24?/m0/s1. The summed E-state index contributed by atoms with van der Waals surface area (Å²) in [6.07, 6.45) is -1.51. The molecular weight excluding hydrogens is 440 g/mol. The largest absolute Gasteiger partial charge is 0.465 e. The third-order valence-electron chi connectivity index (χ3n) is 5.42. The average Bonchev–Trinajstić information content (AvgIpc) is 2.82. The van der Waals surface area contributed by atoms with Gasteiger partial charge in [-0.1, -0.05) is 60.7 Å². The van der Waals surface area contributed by atoms with Gasteiger partial charge in [0.15, 0.2) is 0 Å². The molecule has 0 bridgehead atoms. The Morgan fingerprint density at radius 2 is 1.47 bits per heavy atom. The summed E-state index contributed by atoms with van der Waals surface area (Å²) in [6, 6.07) is 15.4. The molecule has 4 atom stereocenters. The van der Waals surface area contributed by atoms with Crippen molar-refractivity contribution in [3.05, 3.63) is 71.8 Å². The molecule has 10 nitrogen and oxygen atoms in total. The van der Waals surface area contributed by atoms with E-state index in [2.05, 4.69) is 16.1 Å². The van der Waals surface area contributed by atoms with Gasteiger partial charge in [-0.15, -0.1) is 0 Å². The van der Waals surface area contributed by atoms with Gasteiger partial charge in [0.1, 0.15) is 18.2 Å². The number of amides is 2. The van der Waals surface area contributed by atoms with E-state index in [-0.39, 0.29) is 12.8 Å². The molecule has 0 saturated carbocycles. The minimum absolute atomic E-state index is 0.0192. The minimum Gasteiger partial charge on any atom is -0.465 e. The van der Waals surface area contributed by atoms with Crippen molar-refractivity contribution in [2.24, 2.45) is 0 Å². The Bertz CT molecular complexity index is 958. The molecule has 0 aliphatic carbocycles. The molecule has 0 spiro atoms. The maximum atomic E-state index is 12.1. The topological polar surface area (TPSA) is 148 Å². The van der Waals surface area contributed by atoms with Crippen LogP contribution in [0.15, 0.2) is 60.7 Å². The van der Waals surface area contributed by atoms with E-state index in [0.717, 1.165) is 10.6 Å². The number of nitrogens with zero attached hydrogens (tertiary/aromatic N) is 1. The van der Waals surface area contributed by atoms with E-state index in [1.807, 2.05) is 30.3 Å². The summed E-state index contributed by atoms with van der Waals surface area (Å²) >= 11 is 0. The number of carboxylic acid groups (broad SMARTS) is 2. The van der Waals surface area contributed by atoms with Crippen molar-refractivity contribution >= 4 is 24.8 Å². The molecule has 10 heteroatoms. The number of carbonyl (C=O) groups excluding carboxylic acids is 2. The van der Waals surface area contributed by atoms with E-state index in [1.165, 1.54) is 6.92 Å². The number of rotatable bonds is 13. The summed E-state index contributed by atoms with van der Waals surface area (Å²) in [6.45, 7) is 3.06. The lowest BCUT2D eigenvalue weighted by Crippen LogP contribution is -2.77. The van der Waals surface area contributed by atoms with Crippen LogP contribution in [0.25, 0.3) is 0 Å². The van der Waals surface area contributed by atoms with Gasteiger partial charge in [-0.05, 0) is 31.4 Å². The van der Waals surface area contributed by atoms with Gasteiger partial charge in [0.05, 0.1) is 18.1 Å². The average molecular weight is 471 g/mol. The van der Waals surface area contributed by atoms with E-state index in [1.54, 1.807) is 37.3 Å². The molecule has 0 saturated heterocycles. The van der Waals surface area contributed by atoms with Gasteiger partial charge >= 0.3 is 12.2 Å². The summed E-state index contributed by atoms with van der Waals surface area (Å²) in [7, 11) is 0. The Hall–Kier alpha value is -3.76. The maximum Gasteiger partial charge on any atom is 0.419 e. The van der Waals surface area contributed by atoms with Crippen LogP contribution in [0, 0.1) is 0 Å². The zero-order chi connectivity index (χ0) is 25.1. The summed E-state index contributed by atoms with van der Waals surface area (Å²) in [4.78, 5) is 47.3. The second kappa shape index (κ2) is 12.5. The molecule has 2 rings (SSSR count). The Morgan fingerprint density at radius 3 is 1.94 bits per heavy atom. The number of hydrogen-bond acceptors (Lipinski definition) is 6. The van der Waals surface area contributed by atoms with Crippen LogP contribution in [-0.2, 0) is 22.4 Å². The van der Waals surface area contributed by atoms with E-state index in [0.29, 0.717) is 18.1 Å². The quantitative estimate of drug-likeness (QED) is 0.170. The van der Waals surface area contributed by atoms with Crippen LogP contribution in [0.3, 0.4) is 0 Å². The number of benzene rings is 2. The normalized spacial score (nSPS) is 15.4. The van der Waals surface area contributed by atoms with Crippen molar-refractivity contribution in [3.63, 3.8) is 0 Å². The first-order chi connectivity index (χ1) is 16.2. The van der Waals surface area contributed by atoms with Crippen molar-refractivity contribution in [1.82, 2.24) is 21.1 Å². The lowest BCUT2D eigenvalue weighted by atomic mass is 9.85. The lowest BCUT2D eigenvalue weighted by Gasteiger charge is -2.50. The Kier molecular flexibility index (Phi) is 9.72. The first-order valence-corrected chi connectivity index (χ1v) is 10.8. The number of carbonyl (C=O) groups is 4. The molecule has 182 valence electrons. The lowest BCUT2D eigenvalue weighted by molar-refractivity contribution is -0.120. The number of hydrazine groups is 1. The smallest absolute Gasteiger partial charge is 0.419 e. The van der Waals surface area contributed by atoms with Crippen molar-refractivity contribution < 1.29 is 29.4 Å². The number of nitrogens with one attached hydrogen (secondary N) is 3. The fourth-order valence-corrected chi connectivity index (χ4v) is 3.96. The summed E-state index contributed by atoms with van der Waals surface area (Å²) in [5.41, 5.74) is 2.01. The van der Waals surface area contributed by atoms with E-state index in [4.69, 9.17) is 0 Å². The predicted octanol–water partition coefficient (Wildman–Crippen LogP) is 2.05. The van der Waals surface area contributed by atoms with Gasteiger partial charge < -0.3 is 25.1 Å². The molecule has 2 aromatic carbocycles. The van der Waals surface area contributed by atoms with E-state index >= 15 is 0 Å². The summed E-state index contributed by atoms with van der Waals surface area (Å²) in [5, 5.41) is 26.1. The highest BCUT2D eigenvalue weighted by atomic mass is 16.4. The number of hydrogen-bond donors (Lipinski definition) is 5. The van der Waals surface area contributed by atoms with Crippen LogP contribution in [0.2, 0.25) is 0 Å². The maximum absolute atomic E-state index is 12.1. The number of aldehydes is 2. The van der Waals surface area contributed by atoms with Crippen LogP contribution in [-0.4, -0.2) is 63.8 Å². The van der Waals surface area contributed by atoms with Crippen LogP contribution in [0.1, 0.15) is 25.0 Å². The molecule has 0 fully saturated rings. The SMILES string of the molecule is CC(C=O)N[C@@H](Cc1ccccc1)C(Cc1ccccc1)(NC(=O)O)N(NC(=O)O)[C@@H](C)C=O. The van der Waals surface area contributed by atoms with Gasteiger partial charge in [0, 0.05) is 6.42 Å². The summed E-state index contributed by atoms with van der Waals surface area (Å²) in [5.74, 6) is 0. The highest BCUT2D eigenvalue weighted by Gasteiger charge is 2.49. The molecule has 0 aliphatic rings. The molecule has 2 unspecified atom stereocenters. The van der Waals surface area contributed by atoms with Crippen LogP contribution in [0.4, 0.5) is 9.59 Å². The van der Waals surface area contributed by atoms with Crippen molar-refractivity contribution in [2.75, 3.05) is 0 Å². The van der Waals surface area contributed by atoms with Crippen LogP contribution < -0.4 is 16.1 Å². The van der Waals surface area contributed by atoms with Crippen molar-refractivity contribution in [1.29, 1.82) is 0 Å². The monoisotopic (exact) mass is 470 g/mol. The summed E-state index contributed by atoms with van der Waals surface area (Å²) < 4.78 is 0. The Balaban J connectivity index is 2.77. The second-order valence-corrected chi connectivity index (χ2v) is 8.01. The fraction of sp³-hybridized carbons (Fsp3) is 0.333. The van der Waals surface area contributed by atoms with Gasteiger partial charge in [0.2, 0.25) is 0 Å². The van der Waals surface area contributed by atoms with E-state index < -0.39 is 36.0 Å². The second-order valence-electron chi connectivity index (χ2n) is 8.01. The van der Waals surface area contributed by atoms with Gasteiger partial charge in [-0.2, -0.15) is 5.01 Å². The zero-order valence-electron chi connectivity index (χ0n) is 19.0. The molecule has 34 heavy (non-hydrogen) atoms. The first kappa shape index (κ1) is 26.5. The zero-order valence-corrected chi connectivity index (χ0v) is 19.0. The third-order valence-corrected chi connectivity index (χ3v) is 5.42. The van der Waals surface area contributed by atoms with Gasteiger partial charge in [-0.25, -0.2) is 9.59 Å². The van der Waals surface area contributed by atoms with Gasteiger partial charge in [0.25, 0.3) is 0 Å². The molecule has 0 heterocycles. The Labute approximate surface area is 197 Å². The highest BCUT2D eigenvalue weighted by molar-refractivity contribution is 5.68. The van der Waals surface area contributed by atoms with Crippen LogP contribution >= 0.6 is 0 Å². The third kappa shape index (κ3) is 7.12. The molecule has 0 aromatic heterocycles. The fourth-order valence-electron chi connectivity index (χ4n) is 3.96. The molecule has 0 aliphatic heterocycles. The van der Waals surface area contributed by atoms with Crippen LogP contribution in [0.5, 0.6) is 0 Å². The minimum atomic E-state index is -1.71. The van der Waals surface area contributed by atoms with E-state index in [9.17, 15) is 29.4 Å². The Morgan fingerprint density at radius 1 is 0.912 bits per heavy atom. The molecular formula is C24H30N4O6. The molecule has 5 N–H and O–H groups in total. The molecule has 0 radical (unpaired) electrons. The first-order valence-electron chi connectivity index (χ1n) is 10.8. The van der Waals surface area contributed by atoms with Crippen molar-refractivity contribution in [3.8, 4) is 0 Å². The highest BCUT2D eigenvalue weighted by Crippen LogP contribution is 2.27. The predicted molar refractivity (Wildman–Crippen MR) is 125 cm³/mol. The molecule has 2 aromatic rings.